The van der Waals surface area contributed by atoms with E-state index in [4.69, 9.17) is 18.6 Å². The molecule has 0 spiro atoms. The summed E-state index contributed by atoms with van der Waals surface area (Å²) < 4.78 is 22.9. The first-order chi connectivity index (χ1) is 16.1. The van der Waals surface area contributed by atoms with Gasteiger partial charge in [-0.1, -0.05) is 29.8 Å². The maximum Gasteiger partial charge on any atom is 0.176 e. The molecule has 5 rings (SSSR count). The van der Waals surface area contributed by atoms with E-state index < -0.39 is 0 Å². The van der Waals surface area contributed by atoms with E-state index in [-0.39, 0.29) is 0 Å². The molecule has 33 heavy (non-hydrogen) atoms. The SMILES string of the molecule is COc1cc2c(cc1OC)CN(Cc1ccc(OC)c3oc(-c4cccc(C)c4)cc13)CC2. The summed E-state index contributed by atoms with van der Waals surface area (Å²) >= 11 is 0. The van der Waals surface area contributed by atoms with Crippen LogP contribution in [0.5, 0.6) is 17.2 Å². The Balaban J connectivity index is 1.47. The van der Waals surface area contributed by atoms with Gasteiger partial charge in [0, 0.05) is 30.6 Å². The van der Waals surface area contributed by atoms with Crippen LogP contribution < -0.4 is 14.2 Å². The van der Waals surface area contributed by atoms with E-state index in [1.165, 1.54) is 22.3 Å². The summed E-state index contributed by atoms with van der Waals surface area (Å²) in [6.07, 6.45) is 0.981. The summed E-state index contributed by atoms with van der Waals surface area (Å²) in [5.74, 6) is 3.19. The largest absolute Gasteiger partial charge is 0.493 e. The second-order valence-electron chi connectivity index (χ2n) is 8.59. The molecule has 170 valence electrons. The highest BCUT2D eigenvalue weighted by Crippen LogP contribution is 2.37. The molecule has 2 heterocycles. The van der Waals surface area contributed by atoms with Crippen LogP contribution in [0.25, 0.3) is 22.3 Å². The minimum atomic E-state index is 0.758. The van der Waals surface area contributed by atoms with Gasteiger partial charge in [0.15, 0.2) is 22.8 Å². The normalized spacial score (nSPS) is 13.7. The zero-order chi connectivity index (χ0) is 22.9. The zero-order valence-electron chi connectivity index (χ0n) is 19.6. The van der Waals surface area contributed by atoms with Crippen molar-refractivity contribution in [3.8, 4) is 28.6 Å². The minimum Gasteiger partial charge on any atom is -0.493 e. The molecule has 1 aliphatic rings. The van der Waals surface area contributed by atoms with Crippen molar-refractivity contribution in [1.29, 1.82) is 0 Å². The number of hydrogen-bond acceptors (Lipinski definition) is 5. The number of hydrogen-bond donors (Lipinski definition) is 0. The molecule has 5 nitrogen and oxygen atoms in total. The summed E-state index contributed by atoms with van der Waals surface area (Å²) in [5, 5.41) is 1.10. The number of ether oxygens (including phenoxy) is 3. The van der Waals surface area contributed by atoms with Gasteiger partial charge in [0.2, 0.25) is 0 Å². The third-order valence-corrected chi connectivity index (χ3v) is 6.45. The van der Waals surface area contributed by atoms with Gasteiger partial charge in [-0.05, 0) is 60.4 Å². The van der Waals surface area contributed by atoms with Crippen LogP contribution in [0, 0.1) is 6.92 Å². The maximum atomic E-state index is 6.30. The Hall–Kier alpha value is -3.44. The third-order valence-electron chi connectivity index (χ3n) is 6.45. The fraction of sp³-hybridized carbons (Fsp3) is 0.286. The lowest BCUT2D eigenvalue weighted by Crippen LogP contribution is -2.30. The predicted molar refractivity (Wildman–Crippen MR) is 130 cm³/mol. The van der Waals surface area contributed by atoms with Crippen molar-refractivity contribution in [2.75, 3.05) is 27.9 Å². The van der Waals surface area contributed by atoms with Gasteiger partial charge in [-0.15, -0.1) is 0 Å². The average molecular weight is 444 g/mol. The van der Waals surface area contributed by atoms with Crippen LogP contribution in [0.2, 0.25) is 0 Å². The van der Waals surface area contributed by atoms with Gasteiger partial charge in [-0.2, -0.15) is 0 Å². The molecule has 0 atom stereocenters. The van der Waals surface area contributed by atoms with Crippen molar-refractivity contribution in [2.45, 2.75) is 26.4 Å². The fourth-order valence-corrected chi connectivity index (χ4v) is 4.71. The molecule has 0 N–H and O–H groups in total. The Morgan fingerprint density at radius 2 is 1.61 bits per heavy atom. The molecule has 0 unspecified atom stereocenters. The summed E-state index contributed by atoms with van der Waals surface area (Å²) in [6.45, 7) is 4.78. The van der Waals surface area contributed by atoms with Crippen LogP contribution in [0.4, 0.5) is 0 Å². The lowest BCUT2D eigenvalue weighted by molar-refractivity contribution is 0.245. The summed E-state index contributed by atoms with van der Waals surface area (Å²) in [7, 11) is 5.06. The first-order valence-corrected chi connectivity index (χ1v) is 11.2. The molecule has 1 aromatic heterocycles. The summed E-state index contributed by atoms with van der Waals surface area (Å²) in [4.78, 5) is 2.47. The molecule has 0 amide bonds. The topological polar surface area (TPSA) is 44.1 Å². The van der Waals surface area contributed by atoms with Crippen molar-refractivity contribution >= 4 is 11.0 Å². The molecular weight excluding hydrogens is 414 g/mol. The van der Waals surface area contributed by atoms with Gasteiger partial charge in [0.05, 0.1) is 21.3 Å². The second-order valence-corrected chi connectivity index (χ2v) is 8.59. The molecule has 0 saturated carbocycles. The van der Waals surface area contributed by atoms with Crippen LogP contribution in [-0.4, -0.2) is 32.8 Å². The molecule has 0 bridgehead atoms. The van der Waals surface area contributed by atoms with E-state index in [9.17, 15) is 0 Å². The van der Waals surface area contributed by atoms with Crippen LogP contribution in [0.15, 0.2) is 59.0 Å². The van der Waals surface area contributed by atoms with Gasteiger partial charge in [0.25, 0.3) is 0 Å². The van der Waals surface area contributed by atoms with Crippen molar-refractivity contribution in [1.82, 2.24) is 4.90 Å². The van der Waals surface area contributed by atoms with Gasteiger partial charge >= 0.3 is 0 Å². The van der Waals surface area contributed by atoms with Gasteiger partial charge in [-0.25, -0.2) is 0 Å². The average Bonchev–Trinajstić information content (AvgIpc) is 3.29. The van der Waals surface area contributed by atoms with E-state index >= 15 is 0 Å². The lowest BCUT2D eigenvalue weighted by Gasteiger charge is -2.29. The van der Waals surface area contributed by atoms with Crippen LogP contribution in [0.1, 0.15) is 22.3 Å². The fourth-order valence-electron chi connectivity index (χ4n) is 4.71. The van der Waals surface area contributed by atoms with E-state index in [1.807, 2.05) is 6.07 Å². The Labute approximate surface area is 194 Å². The Morgan fingerprint density at radius 1 is 0.848 bits per heavy atom. The monoisotopic (exact) mass is 443 g/mol. The molecule has 0 saturated heterocycles. The Bertz CT molecular complexity index is 1310. The maximum absolute atomic E-state index is 6.30. The molecule has 0 fully saturated rings. The highest BCUT2D eigenvalue weighted by molar-refractivity contribution is 5.90. The number of aryl methyl sites for hydroxylation is 1. The predicted octanol–water partition coefficient (Wildman–Crippen LogP) is 5.99. The van der Waals surface area contributed by atoms with Gasteiger partial charge in [-0.3, -0.25) is 4.90 Å². The Kier molecular flexibility index (Phi) is 5.73. The van der Waals surface area contributed by atoms with E-state index in [0.29, 0.717) is 0 Å². The second kappa shape index (κ2) is 8.83. The number of rotatable bonds is 6. The van der Waals surface area contributed by atoms with E-state index in [0.717, 1.165) is 65.6 Å². The first-order valence-electron chi connectivity index (χ1n) is 11.2. The number of fused-ring (bicyclic) bond motifs is 2. The van der Waals surface area contributed by atoms with Crippen molar-refractivity contribution in [3.05, 3.63) is 76.9 Å². The van der Waals surface area contributed by atoms with Gasteiger partial charge < -0.3 is 18.6 Å². The van der Waals surface area contributed by atoms with E-state index in [2.05, 4.69) is 60.4 Å². The zero-order valence-corrected chi connectivity index (χ0v) is 19.6. The molecule has 1 aliphatic heterocycles. The first kappa shape index (κ1) is 21.4. The number of benzene rings is 3. The quantitative estimate of drug-likeness (QED) is 0.366. The number of furan rings is 1. The molecule has 0 radical (unpaired) electrons. The minimum absolute atomic E-state index is 0.758. The third kappa shape index (κ3) is 4.05. The highest BCUT2D eigenvalue weighted by Gasteiger charge is 2.21. The van der Waals surface area contributed by atoms with Crippen molar-refractivity contribution < 1.29 is 18.6 Å². The van der Waals surface area contributed by atoms with Crippen molar-refractivity contribution in [2.24, 2.45) is 0 Å². The smallest absolute Gasteiger partial charge is 0.176 e. The molecule has 5 heteroatoms. The molecule has 3 aromatic carbocycles. The highest BCUT2D eigenvalue weighted by atomic mass is 16.5. The van der Waals surface area contributed by atoms with E-state index in [1.54, 1.807) is 21.3 Å². The molecular formula is C28H29NO4. The Morgan fingerprint density at radius 3 is 2.33 bits per heavy atom. The molecule has 0 aliphatic carbocycles. The number of nitrogens with zero attached hydrogens (tertiary/aromatic N) is 1. The van der Waals surface area contributed by atoms with Gasteiger partial charge in [0.1, 0.15) is 5.76 Å². The van der Waals surface area contributed by atoms with Crippen LogP contribution in [-0.2, 0) is 19.5 Å². The van der Waals surface area contributed by atoms with Crippen molar-refractivity contribution in [3.63, 3.8) is 0 Å². The summed E-state index contributed by atoms with van der Waals surface area (Å²) in [5.41, 5.74) is 6.93. The van der Waals surface area contributed by atoms with Crippen LogP contribution in [0.3, 0.4) is 0 Å². The molecule has 4 aromatic rings. The van der Waals surface area contributed by atoms with Crippen LogP contribution >= 0.6 is 0 Å². The lowest BCUT2D eigenvalue weighted by atomic mass is 9.98. The number of methoxy groups -OCH3 is 3. The summed E-state index contributed by atoms with van der Waals surface area (Å²) in [6, 6.07) is 18.9. The standard InChI is InChI=1S/C28H29NO4/c1-18-6-5-7-20(12-18)25-15-23-21(8-9-24(30-2)28(23)33-25)16-29-11-10-19-13-26(31-3)27(32-4)14-22(19)17-29/h5-9,12-15H,10-11,16-17H2,1-4H3.